The van der Waals surface area contributed by atoms with Gasteiger partial charge in [-0.1, -0.05) is 163 Å². The Kier molecular flexibility index (Phi) is 5.86. The normalized spacial score (nSPS) is 11.9. The maximum atomic E-state index is 2.50. The molecule has 0 fully saturated rings. The van der Waals surface area contributed by atoms with Crippen LogP contribution >= 0.6 is 0 Å². The molecule has 0 atom stereocenters. The molecule has 0 aliphatic heterocycles. The van der Waals surface area contributed by atoms with Gasteiger partial charge in [-0.25, -0.2) is 0 Å². The third-order valence-electron chi connectivity index (χ3n) is 10.2. The highest BCUT2D eigenvalue weighted by atomic mass is 15.0. The molecule has 1 nitrogen and oxygen atoms in total. The average molecular weight is 610 g/mol. The first-order chi connectivity index (χ1) is 23.7. The lowest BCUT2D eigenvalue weighted by atomic mass is 9.86. The molecule has 0 N–H and O–H groups in total. The molecule has 1 heterocycles. The van der Waals surface area contributed by atoms with Crippen LogP contribution in [0.15, 0.2) is 170 Å². The van der Waals surface area contributed by atoms with Gasteiger partial charge >= 0.3 is 0 Å². The SMILES string of the molecule is Cc1ccc(-c2c3ccccc3c(-c3ccc(-n4c5c6ccccc6ccc5c5ccc6ccccc6c54)cc3)c3ccccc23)cc1. The van der Waals surface area contributed by atoms with Gasteiger partial charge < -0.3 is 4.57 Å². The van der Waals surface area contributed by atoms with Crippen LogP contribution in [0, 0.1) is 6.92 Å². The molecule has 1 heteroatoms. The Hall–Kier alpha value is -6.18. The first kappa shape index (κ1) is 27.0. The number of aromatic nitrogens is 1. The molecular formula is C47H31N. The number of nitrogens with zero attached hydrogens (tertiary/aromatic N) is 1. The van der Waals surface area contributed by atoms with E-state index in [1.54, 1.807) is 0 Å². The summed E-state index contributed by atoms with van der Waals surface area (Å²) in [6, 6.07) is 62.7. The first-order valence-corrected chi connectivity index (χ1v) is 16.7. The minimum absolute atomic E-state index is 1.16. The van der Waals surface area contributed by atoms with Gasteiger partial charge in [-0.3, -0.25) is 0 Å². The Morgan fingerprint density at radius 3 is 1.12 bits per heavy atom. The van der Waals surface area contributed by atoms with Crippen molar-refractivity contribution in [1.82, 2.24) is 4.57 Å². The fourth-order valence-electron chi connectivity index (χ4n) is 8.04. The Morgan fingerprint density at radius 1 is 0.312 bits per heavy atom. The summed E-state index contributed by atoms with van der Waals surface area (Å²) in [6.07, 6.45) is 0. The fourth-order valence-corrected chi connectivity index (χ4v) is 8.04. The van der Waals surface area contributed by atoms with E-state index in [2.05, 4.69) is 181 Å². The maximum absolute atomic E-state index is 2.50. The fraction of sp³-hybridized carbons (Fsp3) is 0.0213. The first-order valence-electron chi connectivity index (χ1n) is 16.7. The zero-order chi connectivity index (χ0) is 31.8. The van der Waals surface area contributed by atoms with Gasteiger partial charge in [-0.05, 0) is 73.6 Å². The molecule has 10 aromatic rings. The second-order valence-electron chi connectivity index (χ2n) is 13.0. The number of rotatable bonds is 3. The molecule has 0 saturated carbocycles. The zero-order valence-corrected chi connectivity index (χ0v) is 26.6. The van der Waals surface area contributed by atoms with Gasteiger partial charge in [0.25, 0.3) is 0 Å². The molecule has 224 valence electrons. The molecule has 0 bridgehead atoms. The lowest BCUT2D eigenvalue weighted by Gasteiger charge is -2.18. The Labute approximate surface area is 278 Å². The summed E-state index contributed by atoms with van der Waals surface area (Å²) in [5.74, 6) is 0. The van der Waals surface area contributed by atoms with Gasteiger partial charge in [0.05, 0.1) is 11.0 Å². The predicted molar refractivity (Wildman–Crippen MR) is 206 cm³/mol. The highest BCUT2D eigenvalue weighted by Crippen LogP contribution is 2.45. The van der Waals surface area contributed by atoms with Crippen molar-refractivity contribution >= 4 is 64.9 Å². The molecule has 0 aliphatic carbocycles. The van der Waals surface area contributed by atoms with Crippen molar-refractivity contribution in [1.29, 1.82) is 0 Å². The van der Waals surface area contributed by atoms with Crippen molar-refractivity contribution in [2.75, 3.05) is 0 Å². The highest BCUT2D eigenvalue weighted by molar-refractivity contribution is 6.24. The monoisotopic (exact) mass is 609 g/mol. The van der Waals surface area contributed by atoms with Crippen molar-refractivity contribution in [2.24, 2.45) is 0 Å². The number of hydrogen-bond acceptors (Lipinski definition) is 0. The molecule has 0 aliphatic rings. The van der Waals surface area contributed by atoms with E-state index < -0.39 is 0 Å². The van der Waals surface area contributed by atoms with E-state index in [1.165, 1.54) is 92.7 Å². The molecule has 0 spiro atoms. The van der Waals surface area contributed by atoms with Crippen molar-refractivity contribution in [3.63, 3.8) is 0 Å². The van der Waals surface area contributed by atoms with Crippen LogP contribution < -0.4 is 0 Å². The van der Waals surface area contributed by atoms with Crippen LogP contribution in [0.25, 0.3) is 92.8 Å². The second-order valence-corrected chi connectivity index (χ2v) is 13.0. The molecule has 0 radical (unpaired) electrons. The van der Waals surface area contributed by atoms with Gasteiger partial charge in [0.15, 0.2) is 0 Å². The van der Waals surface area contributed by atoms with E-state index >= 15 is 0 Å². The Balaban J connectivity index is 1.25. The van der Waals surface area contributed by atoms with Gasteiger partial charge in [0.2, 0.25) is 0 Å². The summed E-state index contributed by atoms with van der Waals surface area (Å²) in [5, 5.41) is 12.7. The maximum Gasteiger partial charge on any atom is 0.0619 e. The van der Waals surface area contributed by atoms with Crippen molar-refractivity contribution in [3.05, 3.63) is 175 Å². The zero-order valence-electron chi connectivity index (χ0n) is 26.6. The topological polar surface area (TPSA) is 4.93 Å². The number of hydrogen-bond donors (Lipinski definition) is 0. The van der Waals surface area contributed by atoms with E-state index in [0.29, 0.717) is 0 Å². The van der Waals surface area contributed by atoms with Gasteiger partial charge in [-0.15, -0.1) is 0 Å². The van der Waals surface area contributed by atoms with Gasteiger partial charge in [0, 0.05) is 27.2 Å². The Morgan fingerprint density at radius 2 is 0.688 bits per heavy atom. The van der Waals surface area contributed by atoms with Crippen molar-refractivity contribution in [3.8, 4) is 27.9 Å². The molecule has 0 amide bonds. The summed E-state index contributed by atoms with van der Waals surface area (Å²) in [4.78, 5) is 0. The predicted octanol–water partition coefficient (Wildman–Crippen LogP) is 13.0. The largest absolute Gasteiger partial charge is 0.308 e. The molecule has 48 heavy (non-hydrogen) atoms. The summed E-state index contributed by atoms with van der Waals surface area (Å²) < 4.78 is 2.50. The van der Waals surface area contributed by atoms with E-state index in [-0.39, 0.29) is 0 Å². The van der Waals surface area contributed by atoms with Crippen LogP contribution in [-0.4, -0.2) is 4.57 Å². The van der Waals surface area contributed by atoms with E-state index in [4.69, 9.17) is 0 Å². The van der Waals surface area contributed by atoms with Gasteiger partial charge in [0.1, 0.15) is 0 Å². The van der Waals surface area contributed by atoms with E-state index in [1.807, 2.05) is 0 Å². The molecule has 0 unspecified atom stereocenters. The van der Waals surface area contributed by atoms with Crippen LogP contribution in [0.2, 0.25) is 0 Å². The third-order valence-corrected chi connectivity index (χ3v) is 10.2. The number of aryl methyl sites for hydroxylation is 1. The van der Waals surface area contributed by atoms with Crippen LogP contribution in [0.4, 0.5) is 0 Å². The summed E-state index contributed by atoms with van der Waals surface area (Å²) in [6.45, 7) is 2.15. The van der Waals surface area contributed by atoms with Crippen molar-refractivity contribution < 1.29 is 0 Å². The summed E-state index contributed by atoms with van der Waals surface area (Å²) in [5.41, 5.74) is 9.99. The minimum atomic E-state index is 1.16. The van der Waals surface area contributed by atoms with Crippen molar-refractivity contribution in [2.45, 2.75) is 6.92 Å². The smallest absolute Gasteiger partial charge is 0.0619 e. The molecular weight excluding hydrogens is 579 g/mol. The minimum Gasteiger partial charge on any atom is -0.308 e. The lowest BCUT2D eigenvalue weighted by molar-refractivity contribution is 1.19. The second kappa shape index (κ2) is 10.4. The van der Waals surface area contributed by atoms with Crippen LogP contribution in [-0.2, 0) is 0 Å². The summed E-state index contributed by atoms with van der Waals surface area (Å²) in [7, 11) is 0. The average Bonchev–Trinajstić information content (AvgIpc) is 3.50. The van der Waals surface area contributed by atoms with Crippen LogP contribution in [0.5, 0.6) is 0 Å². The van der Waals surface area contributed by atoms with Crippen LogP contribution in [0.3, 0.4) is 0 Å². The number of fused-ring (bicyclic) bond motifs is 9. The van der Waals surface area contributed by atoms with Crippen LogP contribution in [0.1, 0.15) is 5.56 Å². The molecule has 1 aromatic heterocycles. The summed E-state index contributed by atoms with van der Waals surface area (Å²) >= 11 is 0. The lowest BCUT2D eigenvalue weighted by Crippen LogP contribution is -1.96. The van der Waals surface area contributed by atoms with Gasteiger partial charge in [-0.2, -0.15) is 0 Å². The van der Waals surface area contributed by atoms with E-state index in [0.717, 1.165) is 5.69 Å². The highest BCUT2D eigenvalue weighted by Gasteiger charge is 2.19. The molecule has 10 rings (SSSR count). The number of benzene rings is 9. The van der Waals surface area contributed by atoms with E-state index in [9.17, 15) is 0 Å². The molecule has 9 aromatic carbocycles. The quantitative estimate of drug-likeness (QED) is 0.176. The third kappa shape index (κ3) is 3.91. The Bertz CT molecular complexity index is 2720. The molecule has 0 saturated heterocycles. The standard InChI is InChI=1S/C47H31N/c1-30-18-20-33(21-19-30)44-38-14-6-8-16-40(38)45(41-17-9-7-15-39(41)44)34-22-26-35(27-23-34)48-46-36-12-4-2-10-31(36)24-28-42(46)43-29-25-32-11-3-5-13-37(32)47(43)48/h2-29H,1H3.